The minimum absolute atomic E-state index is 0.165. The van der Waals surface area contributed by atoms with Crippen LogP contribution in [0.3, 0.4) is 0 Å². The van der Waals surface area contributed by atoms with Crippen LogP contribution < -0.4 is 10.5 Å². The summed E-state index contributed by atoms with van der Waals surface area (Å²) in [7, 11) is 0. The molecule has 1 aromatic heterocycles. The zero-order valence-corrected chi connectivity index (χ0v) is 9.53. The second-order valence-electron chi connectivity index (χ2n) is 2.98. The first-order chi connectivity index (χ1) is 7.65. The van der Waals surface area contributed by atoms with E-state index >= 15 is 0 Å². The number of anilines is 1. The van der Waals surface area contributed by atoms with Crippen LogP contribution in [0.1, 0.15) is 0 Å². The molecule has 1 heterocycles. The van der Waals surface area contributed by atoms with Gasteiger partial charge in [-0.05, 0) is 12.1 Å². The number of hydrogen-bond donors (Lipinski definition) is 1. The van der Waals surface area contributed by atoms with Crippen LogP contribution in [0, 0.1) is 0 Å². The summed E-state index contributed by atoms with van der Waals surface area (Å²) < 4.78 is 5.35. The molecule has 0 amide bonds. The predicted octanol–water partition coefficient (Wildman–Crippen LogP) is 3.16. The summed E-state index contributed by atoms with van der Waals surface area (Å²) in [6, 6.07) is 5.05. The van der Waals surface area contributed by atoms with Crippen LogP contribution in [-0.4, -0.2) is 9.97 Å². The van der Waals surface area contributed by atoms with Gasteiger partial charge >= 0.3 is 6.01 Å². The third-order valence-corrected chi connectivity index (χ3v) is 2.29. The summed E-state index contributed by atoms with van der Waals surface area (Å²) in [6.07, 6.45) is 2.89. The Morgan fingerprint density at radius 3 is 2.50 bits per heavy atom. The quantitative estimate of drug-likeness (QED) is 0.896. The number of nitrogen functional groups attached to an aromatic ring is 1. The van der Waals surface area contributed by atoms with Crippen molar-refractivity contribution in [1.29, 1.82) is 0 Å². The van der Waals surface area contributed by atoms with Crippen LogP contribution in [0.4, 0.5) is 5.69 Å². The number of benzene rings is 1. The Labute approximate surface area is 102 Å². The Hall–Kier alpha value is -1.52. The molecule has 0 aliphatic heterocycles. The zero-order chi connectivity index (χ0) is 11.5. The second-order valence-corrected chi connectivity index (χ2v) is 3.82. The van der Waals surface area contributed by atoms with Gasteiger partial charge in [0, 0.05) is 11.1 Å². The lowest BCUT2D eigenvalue weighted by atomic mass is 10.3. The Morgan fingerprint density at radius 1 is 1.12 bits per heavy atom. The smallest absolute Gasteiger partial charge is 0.322 e. The molecule has 6 heteroatoms. The van der Waals surface area contributed by atoms with Crippen molar-refractivity contribution >= 4 is 28.9 Å². The summed E-state index contributed by atoms with van der Waals surface area (Å²) in [5, 5.41) is 0.958. The largest absolute Gasteiger partial charge is 0.423 e. The maximum Gasteiger partial charge on any atom is 0.322 e. The Morgan fingerprint density at radius 2 is 1.81 bits per heavy atom. The van der Waals surface area contributed by atoms with E-state index < -0.39 is 0 Å². The van der Waals surface area contributed by atoms with Crippen LogP contribution >= 0.6 is 23.2 Å². The molecule has 0 bridgehead atoms. The molecule has 4 nitrogen and oxygen atoms in total. The van der Waals surface area contributed by atoms with Gasteiger partial charge in [-0.15, -0.1) is 0 Å². The lowest BCUT2D eigenvalue weighted by Crippen LogP contribution is -1.94. The molecular weight excluding hydrogens is 249 g/mol. The van der Waals surface area contributed by atoms with Crippen molar-refractivity contribution in [2.24, 2.45) is 0 Å². The Balaban J connectivity index is 2.26. The monoisotopic (exact) mass is 255 g/mol. The fourth-order valence-electron chi connectivity index (χ4n) is 1.03. The van der Waals surface area contributed by atoms with Gasteiger partial charge in [0.2, 0.25) is 0 Å². The number of aromatic nitrogens is 2. The second kappa shape index (κ2) is 4.55. The molecule has 1 aromatic carbocycles. The number of hydrogen-bond acceptors (Lipinski definition) is 4. The standard InChI is InChI=1S/C10H7Cl2N3O/c11-6-1-2-8(12)9(3-6)16-10-14-4-7(13)5-15-10/h1-5H,13H2. The molecule has 2 N–H and O–H groups in total. The van der Waals surface area contributed by atoms with E-state index in [4.69, 9.17) is 33.7 Å². The predicted molar refractivity (Wildman–Crippen MR) is 63.0 cm³/mol. The van der Waals surface area contributed by atoms with Gasteiger partial charge in [0.25, 0.3) is 0 Å². The molecule has 16 heavy (non-hydrogen) atoms. The topological polar surface area (TPSA) is 61.0 Å². The number of nitrogens with zero attached hydrogens (tertiary/aromatic N) is 2. The van der Waals surface area contributed by atoms with Crippen LogP contribution in [0.25, 0.3) is 0 Å². The van der Waals surface area contributed by atoms with Crippen LogP contribution in [-0.2, 0) is 0 Å². The fraction of sp³-hybridized carbons (Fsp3) is 0. The van der Waals surface area contributed by atoms with Crippen molar-refractivity contribution in [1.82, 2.24) is 9.97 Å². The minimum atomic E-state index is 0.165. The minimum Gasteiger partial charge on any atom is -0.423 e. The van der Waals surface area contributed by atoms with E-state index in [0.717, 1.165) is 0 Å². The van der Waals surface area contributed by atoms with E-state index in [-0.39, 0.29) is 6.01 Å². The summed E-state index contributed by atoms with van der Waals surface area (Å²) in [4.78, 5) is 7.77. The van der Waals surface area contributed by atoms with Crippen molar-refractivity contribution < 1.29 is 4.74 Å². The molecule has 0 radical (unpaired) electrons. The molecule has 0 fully saturated rings. The first-order valence-corrected chi connectivity index (χ1v) is 5.11. The molecule has 2 aromatic rings. The van der Waals surface area contributed by atoms with Gasteiger partial charge in [-0.2, -0.15) is 0 Å². The molecule has 0 aliphatic rings. The summed E-state index contributed by atoms with van der Waals surface area (Å²) in [5.41, 5.74) is 5.91. The first kappa shape index (κ1) is 11.0. The Bertz CT molecular complexity index is 502. The number of ether oxygens (including phenoxy) is 1. The van der Waals surface area contributed by atoms with Crippen molar-refractivity contribution in [3.63, 3.8) is 0 Å². The van der Waals surface area contributed by atoms with Crippen molar-refractivity contribution in [2.75, 3.05) is 5.73 Å². The Kier molecular flexibility index (Phi) is 3.12. The molecular formula is C10H7Cl2N3O. The molecule has 82 valence electrons. The average molecular weight is 256 g/mol. The van der Waals surface area contributed by atoms with Crippen molar-refractivity contribution in [3.8, 4) is 11.8 Å². The SMILES string of the molecule is Nc1cnc(Oc2cc(Cl)ccc2Cl)nc1. The molecule has 0 unspecified atom stereocenters. The first-order valence-electron chi connectivity index (χ1n) is 4.35. The van der Waals surface area contributed by atoms with Gasteiger partial charge in [-0.3, -0.25) is 0 Å². The summed E-state index contributed by atoms with van der Waals surface area (Å²) in [5.74, 6) is 0.402. The van der Waals surface area contributed by atoms with Crippen LogP contribution in [0.5, 0.6) is 11.8 Å². The molecule has 2 rings (SSSR count). The highest BCUT2D eigenvalue weighted by molar-refractivity contribution is 6.34. The van der Waals surface area contributed by atoms with E-state index in [1.807, 2.05) is 0 Å². The van der Waals surface area contributed by atoms with Crippen LogP contribution in [0.2, 0.25) is 10.0 Å². The maximum absolute atomic E-state index is 5.91. The molecule has 0 saturated carbocycles. The van der Waals surface area contributed by atoms with E-state index in [0.29, 0.717) is 21.5 Å². The highest BCUT2D eigenvalue weighted by atomic mass is 35.5. The zero-order valence-electron chi connectivity index (χ0n) is 8.02. The van der Waals surface area contributed by atoms with E-state index in [1.165, 1.54) is 12.4 Å². The van der Waals surface area contributed by atoms with Gasteiger partial charge in [0.1, 0.15) is 0 Å². The normalized spacial score (nSPS) is 10.1. The molecule has 0 aliphatic carbocycles. The molecule has 0 saturated heterocycles. The summed E-state index contributed by atoms with van der Waals surface area (Å²) >= 11 is 11.7. The van der Waals surface area contributed by atoms with E-state index in [2.05, 4.69) is 9.97 Å². The van der Waals surface area contributed by atoms with Gasteiger partial charge in [-0.25, -0.2) is 9.97 Å². The molecule has 0 spiro atoms. The van der Waals surface area contributed by atoms with Crippen LogP contribution in [0.15, 0.2) is 30.6 Å². The lowest BCUT2D eigenvalue weighted by molar-refractivity contribution is 0.442. The van der Waals surface area contributed by atoms with Crippen molar-refractivity contribution in [3.05, 3.63) is 40.6 Å². The fourth-order valence-corrected chi connectivity index (χ4v) is 1.35. The third-order valence-electron chi connectivity index (χ3n) is 1.74. The van der Waals surface area contributed by atoms with Gasteiger partial charge < -0.3 is 10.5 Å². The number of nitrogens with two attached hydrogens (primary N) is 1. The maximum atomic E-state index is 5.91. The summed E-state index contributed by atoms with van der Waals surface area (Å²) in [6.45, 7) is 0. The van der Waals surface area contributed by atoms with Gasteiger partial charge in [0.15, 0.2) is 5.75 Å². The van der Waals surface area contributed by atoms with E-state index in [1.54, 1.807) is 18.2 Å². The van der Waals surface area contributed by atoms with Gasteiger partial charge in [-0.1, -0.05) is 23.2 Å². The average Bonchev–Trinajstić information content (AvgIpc) is 2.27. The highest BCUT2D eigenvalue weighted by Crippen LogP contribution is 2.30. The van der Waals surface area contributed by atoms with Crippen molar-refractivity contribution in [2.45, 2.75) is 0 Å². The highest BCUT2D eigenvalue weighted by Gasteiger charge is 2.05. The van der Waals surface area contributed by atoms with Gasteiger partial charge in [0.05, 0.1) is 23.1 Å². The number of halogens is 2. The van der Waals surface area contributed by atoms with E-state index in [9.17, 15) is 0 Å². The lowest BCUT2D eigenvalue weighted by Gasteiger charge is -2.05. The number of rotatable bonds is 2. The molecule has 0 atom stereocenters. The third kappa shape index (κ3) is 2.53.